The van der Waals surface area contributed by atoms with Gasteiger partial charge in [-0.1, -0.05) is 17.3 Å². The minimum absolute atomic E-state index is 0.0635. The molecule has 0 unspecified atom stereocenters. The van der Waals surface area contributed by atoms with E-state index >= 15 is 0 Å². The molecule has 3 atom stereocenters. The maximum atomic E-state index is 13.0. The van der Waals surface area contributed by atoms with E-state index in [2.05, 4.69) is 24.8 Å². The van der Waals surface area contributed by atoms with E-state index in [-0.39, 0.29) is 47.7 Å². The lowest BCUT2D eigenvalue weighted by molar-refractivity contribution is -0.274. The molecule has 0 spiro atoms. The van der Waals surface area contributed by atoms with Gasteiger partial charge >= 0.3 is 12.3 Å². The SMILES string of the molecule is O=C(O)c1cnc(N2[C@@H]3CC[C@H]2C[C@H](OCc2c(-c4ccccc4OC(F)(F)F)noc2C2CC2)C3)cn1. The molecule has 2 aliphatic heterocycles. The van der Waals surface area contributed by atoms with Gasteiger partial charge in [0.1, 0.15) is 23.0 Å². The first-order valence-electron chi connectivity index (χ1n) is 12.6. The van der Waals surface area contributed by atoms with Crippen LogP contribution in [0.25, 0.3) is 11.3 Å². The Kier molecular flexibility index (Phi) is 6.21. The van der Waals surface area contributed by atoms with Gasteiger partial charge in [0, 0.05) is 29.1 Å². The Morgan fingerprint density at radius 2 is 1.82 bits per heavy atom. The molecule has 3 aliphatic rings. The fourth-order valence-electron chi connectivity index (χ4n) is 5.62. The number of nitrogens with zero attached hydrogens (tertiary/aromatic N) is 4. The van der Waals surface area contributed by atoms with E-state index in [0.717, 1.165) is 38.5 Å². The van der Waals surface area contributed by atoms with Gasteiger partial charge in [0.25, 0.3) is 0 Å². The molecule has 9 nitrogen and oxygen atoms in total. The van der Waals surface area contributed by atoms with Crippen molar-refractivity contribution in [1.82, 2.24) is 15.1 Å². The summed E-state index contributed by atoms with van der Waals surface area (Å²) in [4.78, 5) is 21.6. The van der Waals surface area contributed by atoms with Gasteiger partial charge in [-0.15, -0.1) is 13.2 Å². The van der Waals surface area contributed by atoms with Crippen molar-refractivity contribution in [2.75, 3.05) is 4.90 Å². The number of fused-ring (bicyclic) bond motifs is 2. The summed E-state index contributed by atoms with van der Waals surface area (Å²) in [6, 6.07) is 6.26. The van der Waals surface area contributed by atoms with Crippen molar-refractivity contribution in [2.24, 2.45) is 0 Å². The molecule has 1 aromatic carbocycles. The van der Waals surface area contributed by atoms with Crippen LogP contribution < -0.4 is 9.64 Å². The first-order valence-corrected chi connectivity index (χ1v) is 12.6. The van der Waals surface area contributed by atoms with E-state index < -0.39 is 12.3 Å². The number of benzene rings is 1. The van der Waals surface area contributed by atoms with E-state index in [9.17, 15) is 18.0 Å². The van der Waals surface area contributed by atoms with E-state index in [0.29, 0.717) is 22.8 Å². The highest BCUT2D eigenvalue weighted by Crippen LogP contribution is 2.46. The summed E-state index contributed by atoms with van der Waals surface area (Å²) < 4.78 is 55.3. The van der Waals surface area contributed by atoms with Gasteiger partial charge in [-0.25, -0.2) is 14.8 Å². The molecule has 2 bridgehead atoms. The topological polar surface area (TPSA) is 111 Å². The first kappa shape index (κ1) is 24.7. The third-order valence-electron chi connectivity index (χ3n) is 7.41. The Morgan fingerprint density at radius 3 is 2.45 bits per heavy atom. The third-order valence-corrected chi connectivity index (χ3v) is 7.41. The number of rotatable bonds is 8. The zero-order chi connectivity index (χ0) is 26.4. The summed E-state index contributed by atoms with van der Waals surface area (Å²) in [5.74, 6) is 0.0511. The van der Waals surface area contributed by atoms with Crippen LogP contribution in [0.1, 0.15) is 66.3 Å². The average Bonchev–Trinajstić information content (AvgIpc) is 3.58. The number of aromatic nitrogens is 3. The molecule has 0 radical (unpaired) electrons. The molecule has 38 heavy (non-hydrogen) atoms. The number of ether oxygens (including phenoxy) is 2. The molecule has 2 saturated heterocycles. The number of alkyl halides is 3. The van der Waals surface area contributed by atoms with Crippen molar-refractivity contribution in [3.8, 4) is 17.0 Å². The van der Waals surface area contributed by atoms with Crippen molar-refractivity contribution in [3.05, 3.63) is 53.7 Å². The molecule has 200 valence electrons. The maximum Gasteiger partial charge on any atom is 0.573 e. The van der Waals surface area contributed by atoms with Crippen LogP contribution in [0.15, 0.2) is 41.2 Å². The molecule has 3 aromatic rings. The predicted octanol–water partition coefficient (Wildman–Crippen LogP) is 5.32. The number of hydrogen-bond acceptors (Lipinski definition) is 8. The highest BCUT2D eigenvalue weighted by atomic mass is 19.4. The van der Waals surface area contributed by atoms with E-state index in [4.69, 9.17) is 14.4 Å². The molecule has 1 aliphatic carbocycles. The van der Waals surface area contributed by atoms with E-state index in [1.165, 1.54) is 30.6 Å². The van der Waals surface area contributed by atoms with Crippen LogP contribution in [0.4, 0.5) is 19.0 Å². The van der Waals surface area contributed by atoms with Crippen molar-refractivity contribution < 1.29 is 37.1 Å². The van der Waals surface area contributed by atoms with Crippen LogP contribution in [-0.4, -0.2) is 50.8 Å². The van der Waals surface area contributed by atoms with Gasteiger partial charge < -0.3 is 24.0 Å². The number of hydrogen-bond donors (Lipinski definition) is 1. The number of halogens is 3. The molecule has 4 heterocycles. The second-order valence-corrected chi connectivity index (χ2v) is 9.95. The Labute approximate surface area is 215 Å². The molecule has 0 amide bonds. The average molecular weight is 531 g/mol. The van der Waals surface area contributed by atoms with Crippen LogP contribution in [0.5, 0.6) is 5.75 Å². The lowest BCUT2D eigenvalue weighted by Crippen LogP contribution is -2.46. The zero-order valence-electron chi connectivity index (χ0n) is 20.2. The van der Waals surface area contributed by atoms with E-state index in [1.54, 1.807) is 6.07 Å². The van der Waals surface area contributed by atoms with Crippen LogP contribution >= 0.6 is 0 Å². The summed E-state index contributed by atoms with van der Waals surface area (Å²) in [5, 5.41) is 13.2. The van der Waals surface area contributed by atoms with Crippen molar-refractivity contribution in [2.45, 2.75) is 75.6 Å². The Bertz CT molecular complexity index is 1310. The van der Waals surface area contributed by atoms with Gasteiger partial charge in [-0.05, 0) is 50.7 Å². The largest absolute Gasteiger partial charge is 0.573 e. The summed E-state index contributed by atoms with van der Waals surface area (Å²) >= 11 is 0. The standard InChI is InChI=1S/C26H25F3N4O5/c27-26(28,29)37-21-4-2-1-3-18(21)23-19(24(38-32-23)14-5-6-14)13-36-17-9-15-7-8-16(10-17)33(15)22-12-30-20(11-31-22)25(34)35/h1-4,11-12,14-17H,5-10,13H2,(H,34,35)/t15-,16+,17-. The lowest BCUT2D eigenvalue weighted by Gasteiger charge is -2.39. The van der Waals surface area contributed by atoms with Crippen molar-refractivity contribution >= 4 is 11.8 Å². The highest BCUT2D eigenvalue weighted by molar-refractivity contribution is 5.85. The molecular weight excluding hydrogens is 505 g/mol. The number of anilines is 1. The summed E-state index contributed by atoms with van der Waals surface area (Å²) in [7, 11) is 0. The quantitative estimate of drug-likeness (QED) is 0.414. The van der Waals surface area contributed by atoms with Crippen LogP contribution in [0.2, 0.25) is 0 Å². The van der Waals surface area contributed by atoms with E-state index in [1.807, 2.05) is 0 Å². The van der Waals surface area contributed by atoms with Crippen LogP contribution in [-0.2, 0) is 11.3 Å². The number of aromatic carboxylic acids is 1. The zero-order valence-corrected chi connectivity index (χ0v) is 20.2. The molecule has 3 fully saturated rings. The number of carboxylic acids is 1. The van der Waals surface area contributed by atoms with Gasteiger partial charge in [0.05, 0.1) is 25.1 Å². The molecule has 2 aromatic heterocycles. The van der Waals surface area contributed by atoms with Crippen molar-refractivity contribution in [3.63, 3.8) is 0 Å². The second-order valence-electron chi connectivity index (χ2n) is 9.95. The minimum atomic E-state index is -4.83. The maximum absolute atomic E-state index is 13.0. The smallest absolute Gasteiger partial charge is 0.476 e. The number of para-hydroxylation sites is 1. The van der Waals surface area contributed by atoms with Gasteiger partial charge in [-0.2, -0.15) is 0 Å². The van der Waals surface area contributed by atoms with Gasteiger partial charge in [-0.3, -0.25) is 0 Å². The predicted molar refractivity (Wildman–Crippen MR) is 127 cm³/mol. The second kappa shape index (κ2) is 9.57. The lowest BCUT2D eigenvalue weighted by atomic mass is 9.99. The molecule has 12 heteroatoms. The number of carbonyl (C=O) groups is 1. The monoisotopic (exact) mass is 530 g/mol. The number of piperidine rings is 1. The minimum Gasteiger partial charge on any atom is -0.476 e. The fourth-order valence-corrected chi connectivity index (χ4v) is 5.62. The Balaban J connectivity index is 1.19. The normalized spacial score (nSPS) is 23.0. The third kappa shape index (κ3) is 4.92. The summed E-state index contributed by atoms with van der Waals surface area (Å²) in [6.45, 7) is 0.169. The molecule has 1 N–H and O–H groups in total. The molecular formula is C26H25F3N4O5. The van der Waals surface area contributed by atoms with Gasteiger partial charge in [0.15, 0.2) is 5.69 Å². The number of carboxylic acid groups (broad SMARTS) is 1. The molecule has 6 rings (SSSR count). The first-order chi connectivity index (χ1) is 18.3. The molecule has 1 saturated carbocycles. The van der Waals surface area contributed by atoms with Gasteiger partial charge in [0.2, 0.25) is 0 Å². The van der Waals surface area contributed by atoms with Crippen molar-refractivity contribution in [1.29, 1.82) is 0 Å². The highest BCUT2D eigenvalue weighted by Gasteiger charge is 2.42. The Hall–Kier alpha value is -3.67. The van der Waals surface area contributed by atoms with Crippen LogP contribution in [0.3, 0.4) is 0 Å². The fraction of sp³-hybridized carbons (Fsp3) is 0.462. The summed E-state index contributed by atoms with van der Waals surface area (Å²) in [5.41, 5.74) is 1.08. The Morgan fingerprint density at radius 1 is 1.08 bits per heavy atom. The van der Waals surface area contributed by atoms with Crippen LogP contribution in [0, 0.1) is 0 Å². The summed E-state index contributed by atoms with van der Waals surface area (Å²) in [6.07, 6.45) is 3.15.